The van der Waals surface area contributed by atoms with Gasteiger partial charge in [0.05, 0.1) is 13.2 Å². The van der Waals surface area contributed by atoms with Crippen molar-refractivity contribution in [3.63, 3.8) is 0 Å². The lowest BCUT2D eigenvalue weighted by Gasteiger charge is -2.15. The summed E-state index contributed by atoms with van der Waals surface area (Å²) in [5, 5.41) is 4.52. The van der Waals surface area contributed by atoms with E-state index in [4.69, 9.17) is 11.6 Å². The topological polar surface area (TPSA) is 93.7 Å². The van der Waals surface area contributed by atoms with E-state index in [9.17, 15) is 14.4 Å². The van der Waals surface area contributed by atoms with Crippen molar-refractivity contribution < 1.29 is 23.9 Å². The smallest absolute Gasteiger partial charge is 0.340 e. The molecule has 0 heterocycles. The number of halogens is 1. The predicted octanol–water partition coefficient (Wildman–Crippen LogP) is 0.0192. The van der Waals surface area contributed by atoms with Gasteiger partial charge in [0.1, 0.15) is 0 Å². The fraction of sp³-hybridized carbons (Fsp3) is 0.700. The van der Waals surface area contributed by atoms with Gasteiger partial charge >= 0.3 is 18.0 Å². The van der Waals surface area contributed by atoms with Crippen LogP contribution in [0.3, 0.4) is 0 Å². The van der Waals surface area contributed by atoms with Crippen LogP contribution in [0.25, 0.3) is 0 Å². The molecule has 0 aromatic carbocycles. The molecule has 0 atom stereocenters. The van der Waals surface area contributed by atoms with Crippen LogP contribution < -0.4 is 10.6 Å². The summed E-state index contributed by atoms with van der Waals surface area (Å²) in [6, 6.07) is -2.16. The maximum Gasteiger partial charge on any atom is 0.340 e. The van der Waals surface area contributed by atoms with E-state index in [2.05, 4.69) is 20.1 Å². The van der Waals surface area contributed by atoms with E-state index in [0.29, 0.717) is 0 Å². The van der Waals surface area contributed by atoms with Crippen molar-refractivity contribution in [1.82, 2.24) is 10.6 Å². The van der Waals surface area contributed by atoms with E-state index >= 15 is 0 Å². The molecule has 18 heavy (non-hydrogen) atoms. The second-order valence-electron chi connectivity index (χ2n) is 3.03. The van der Waals surface area contributed by atoms with Gasteiger partial charge in [-0.2, -0.15) is 0 Å². The number of hydrogen-bond donors (Lipinski definition) is 2. The maximum atomic E-state index is 11.5. The highest BCUT2D eigenvalue weighted by Crippen LogP contribution is 1.94. The van der Waals surface area contributed by atoms with Crippen LogP contribution in [0.2, 0.25) is 0 Å². The number of urea groups is 1. The van der Waals surface area contributed by atoms with Crippen LogP contribution in [0, 0.1) is 0 Å². The number of carbonyl (C=O) groups excluding carboxylic acids is 3. The Morgan fingerprint density at radius 2 is 1.61 bits per heavy atom. The Kier molecular flexibility index (Phi) is 8.73. The Labute approximate surface area is 110 Å². The molecule has 8 heteroatoms. The van der Waals surface area contributed by atoms with Crippen molar-refractivity contribution in [2.75, 3.05) is 25.6 Å². The first-order chi connectivity index (χ1) is 8.56. The molecule has 7 nitrogen and oxygen atoms in total. The van der Waals surface area contributed by atoms with Gasteiger partial charge in [-0.1, -0.05) is 0 Å². The maximum absolute atomic E-state index is 11.5. The van der Waals surface area contributed by atoms with Crippen molar-refractivity contribution in [2.24, 2.45) is 0 Å². The molecule has 0 bridgehead atoms. The molecule has 0 fully saturated rings. The first kappa shape index (κ1) is 16.5. The first-order valence-corrected chi connectivity index (χ1v) is 6.03. The van der Waals surface area contributed by atoms with E-state index < -0.39 is 24.0 Å². The quantitative estimate of drug-likeness (QED) is 0.389. The Morgan fingerprint density at radius 1 is 1.11 bits per heavy atom. The van der Waals surface area contributed by atoms with Gasteiger partial charge in [-0.3, -0.25) is 0 Å². The first-order valence-electron chi connectivity index (χ1n) is 5.50. The summed E-state index contributed by atoms with van der Waals surface area (Å²) in [4.78, 5) is 34.3. The molecule has 0 aromatic heterocycles. The summed E-state index contributed by atoms with van der Waals surface area (Å²) in [5.41, 5.74) is 0. The van der Waals surface area contributed by atoms with Crippen molar-refractivity contribution in [3.05, 3.63) is 0 Å². The van der Waals surface area contributed by atoms with Crippen LogP contribution in [0.15, 0.2) is 0 Å². The van der Waals surface area contributed by atoms with Crippen LogP contribution >= 0.6 is 11.6 Å². The highest BCUT2D eigenvalue weighted by atomic mass is 35.5. The second kappa shape index (κ2) is 9.52. The van der Waals surface area contributed by atoms with Crippen LogP contribution in [-0.2, 0) is 19.1 Å². The van der Waals surface area contributed by atoms with E-state index in [-0.39, 0.29) is 25.6 Å². The predicted molar refractivity (Wildman–Crippen MR) is 64.3 cm³/mol. The molecule has 0 aliphatic carbocycles. The number of hydrogen-bond acceptors (Lipinski definition) is 5. The molecule has 0 saturated carbocycles. The molecule has 2 amide bonds. The number of amides is 2. The lowest BCUT2D eigenvalue weighted by molar-refractivity contribution is -0.157. The second-order valence-corrected chi connectivity index (χ2v) is 3.40. The molecular weight excluding hydrogens is 264 g/mol. The molecule has 104 valence electrons. The number of alkyl halides is 1. The molecular formula is C10H17ClN2O5. The zero-order valence-electron chi connectivity index (χ0n) is 10.3. The van der Waals surface area contributed by atoms with E-state index in [0.717, 1.165) is 0 Å². The third kappa shape index (κ3) is 6.29. The molecule has 0 aliphatic heterocycles. The Bertz CT molecular complexity index is 280. The van der Waals surface area contributed by atoms with E-state index in [1.165, 1.54) is 0 Å². The van der Waals surface area contributed by atoms with Gasteiger partial charge in [0.2, 0.25) is 6.04 Å². The summed E-state index contributed by atoms with van der Waals surface area (Å²) in [5.74, 6) is -1.51. The summed E-state index contributed by atoms with van der Waals surface area (Å²) in [7, 11) is 0. The van der Waals surface area contributed by atoms with Gasteiger partial charge in [-0.25, -0.2) is 14.4 Å². The lowest BCUT2D eigenvalue weighted by atomic mass is 10.3. The van der Waals surface area contributed by atoms with Crippen molar-refractivity contribution >= 4 is 29.6 Å². The monoisotopic (exact) mass is 280 g/mol. The molecule has 0 rings (SSSR count). The lowest BCUT2D eigenvalue weighted by Crippen LogP contribution is -2.51. The number of nitrogens with one attached hydrogen (secondary N) is 2. The van der Waals surface area contributed by atoms with Gasteiger partial charge in [0.25, 0.3) is 0 Å². The minimum absolute atomic E-state index is 0.0969. The van der Waals surface area contributed by atoms with E-state index in [1.807, 2.05) is 0 Å². The van der Waals surface area contributed by atoms with Crippen LogP contribution in [0.4, 0.5) is 4.79 Å². The Balaban J connectivity index is 4.51. The fourth-order valence-electron chi connectivity index (χ4n) is 1.01. The molecule has 2 N–H and O–H groups in total. The van der Waals surface area contributed by atoms with Crippen LogP contribution in [0.1, 0.15) is 13.8 Å². The van der Waals surface area contributed by atoms with Crippen molar-refractivity contribution in [2.45, 2.75) is 19.9 Å². The van der Waals surface area contributed by atoms with Crippen molar-refractivity contribution in [1.29, 1.82) is 0 Å². The average molecular weight is 281 g/mol. The average Bonchev–Trinajstić information content (AvgIpc) is 2.33. The van der Waals surface area contributed by atoms with E-state index in [1.54, 1.807) is 13.8 Å². The molecule has 0 aromatic rings. The van der Waals surface area contributed by atoms with Gasteiger partial charge in [0, 0.05) is 12.4 Å². The van der Waals surface area contributed by atoms with Gasteiger partial charge in [-0.05, 0) is 13.8 Å². The molecule has 0 radical (unpaired) electrons. The zero-order valence-corrected chi connectivity index (χ0v) is 11.1. The molecule has 0 spiro atoms. The zero-order chi connectivity index (χ0) is 14.0. The third-order valence-electron chi connectivity index (χ3n) is 1.70. The molecule has 0 aliphatic rings. The normalized spacial score (nSPS) is 9.78. The SMILES string of the molecule is CCOC(=O)C(NC(=O)NCCCl)C(=O)OCC. The van der Waals surface area contributed by atoms with Gasteiger partial charge in [-0.15, -0.1) is 11.6 Å². The summed E-state index contributed by atoms with van der Waals surface area (Å²) < 4.78 is 9.34. The summed E-state index contributed by atoms with van der Waals surface area (Å²) in [6.45, 7) is 3.59. The summed E-state index contributed by atoms with van der Waals surface area (Å²) in [6.07, 6.45) is 0. The number of ether oxygens (including phenoxy) is 2. The molecule has 0 unspecified atom stereocenters. The van der Waals surface area contributed by atoms with Crippen LogP contribution in [-0.4, -0.2) is 49.7 Å². The number of rotatable bonds is 7. The summed E-state index contributed by atoms with van der Waals surface area (Å²) >= 11 is 5.38. The minimum Gasteiger partial charge on any atom is -0.464 e. The van der Waals surface area contributed by atoms with Gasteiger partial charge < -0.3 is 20.1 Å². The van der Waals surface area contributed by atoms with Crippen LogP contribution in [0.5, 0.6) is 0 Å². The number of esters is 2. The van der Waals surface area contributed by atoms with Gasteiger partial charge in [0.15, 0.2) is 0 Å². The highest BCUT2D eigenvalue weighted by molar-refractivity contribution is 6.18. The largest absolute Gasteiger partial charge is 0.464 e. The van der Waals surface area contributed by atoms with Crippen molar-refractivity contribution in [3.8, 4) is 0 Å². The Hall–Kier alpha value is -1.50. The highest BCUT2D eigenvalue weighted by Gasteiger charge is 2.31. The minimum atomic E-state index is -1.47. The number of carbonyl (C=O) groups is 3. The fourth-order valence-corrected chi connectivity index (χ4v) is 1.10. The standard InChI is InChI=1S/C10H17ClN2O5/c1-3-17-8(14)7(9(15)18-4-2)13-10(16)12-6-5-11/h7H,3-6H2,1-2H3,(H2,12,13,16). The molecule has 0 saturated heterocycles. The third-order valence-corrected chi connectivity index (χ3v) is 1.89. The Morgan fingerprint density at radius 3 is 2.00 bits per heavy atom.